The Morgan fingerprint density at radius 3 is 2.24 bits per heavy atom. The number of rotatable bonds is 10. The van der Waals surface area contributed by atoms with E-state index in [0.717, 1.165) is 0 Å². The number of fused-ring (bicyclic) bond motifs is 1. The fourth-order valence-electron chi connectivity index (χ4n) is 4.13. The Morgan fingerprint density at radius 2 is 1.62 bits per heavy atom. The molecule has 214 valence electrons. The smallest absolute Gasteiger partial charge is 1.00 e. The van der Waals surface area contributed by atoms with Gasteiger partial charge in [0.2, 0.25) is 11.8 Å². The van der Waals surface area contributed by atoms with Gasteiger partial charge in [0.1, 0.15) is 22.7 Å². The van der Waals surface area contributed by atoms with Crippen molar-refractivity contribution in [1.82, 2.24) is 4.98 Å². The van der Waals surface area contributed by atoms with Gasteiger partial charge in [-0.15, -0.1) is 0 Å². The number of aliphatic carboxylic acids is 1. The minimum Gasteiger partial charge on any atom is -1.00 e. The van der Waals surface area contributed by atoms with Crippen molar-refractivity contribution in [1.29, 1.82) is 0 Å². The van der Waals surface area contributed by atoms with Crippen LogP contribution in [0, 0.1) is 11.2 Å². The first-order chi connectivity index (χ1) is 19.7. The molecule has 4 aromatic rings. The quantitative estimate of drug-likeness (QED) is 0.156. The van der Waals surface area contributed by atoms with Crippen LogP contribution in [-0.2, 0) is 14.4 Å². The number of anilines is 2. The number of carbonyl (C=O) groups excluding carboxylic acids is 2. The van der Waals surface area contributed by atoms with E-state index in [1.165, 1.54) is 43.6 Å². The molecule has 0 bridgehead atoms. The molecule has 0 radical (unpaired) electrons. The van der Waals surface area contributed by atoms with Crippen molar-refractivity contribution < 1.29 is 40.9 Å². The summed E-state index contributed by atoms with van der Waals surface area (Å²) in [6, 6.07) is 14.8. The first-order valence-electron chi connectivity index (χ1n) is 12.4. The van der Waals surface area contributed by atoms with Crippen LogP contribution >= 0.6 is 11.6 Å². The van der Waals surface area contributed by atoms with Crippen LogP contribution in [0.2, 0.25) is 5.02 Å². The molecule has 1 aliphatic carbocycles. The first-order valence-corrected chi connectivity index (χ1v) is 12.7. The van der Waals surface area contributed by atoms with E-state index < -0.39 is 35.6 Å². The van der Waals surface area contributed by atoms with Crippen LogP contribution in [0.1, 0.15) is 15.7 Å². The summed E-state index contributed by atoms with van der Waals surface area (Å²) in [5.41, 5.74) is 0.00949. The fourth-order valence-corrected chi connectivity index (χ4v) is 4.35. The largest absolute Gasteiger partial charge is 2.00 e. The Balaban J connectivity index is 0.00000225. The van der Waals surface area contributed by atoms with Crippen molar-refractivity contribution in [2.24, 2.45) is 5.41 Å². The number of carboxylic acids is 1. The van der Waals surface area contributed by atoms with Gasteiger partial charge in [-0.1, -0.05) is 11.6 Å². The van der Waals surface area contributed by atoms with Gasteiger partial charge in [0.05, 0.1) is 17.6 Å². The number of carboxylic acid groups (broad SMARTS) is 1. The number of pyridine rings is 1. The molecule has 1 aliphatic rings. The number of amides is 2. The molecule has 2 amide bonds. The second-order valence-electron chi connectivity index (χ2n) is 9.26. The van der Waals surface area contributed by atoms with Crippen molar-refractivity contribution in [3.05, 3.63) is 77.7 Å². The van der Waals surface area contributed by atoms with E-state index in [9.17, 15) is 18.8 Å². The topological polar surface area (TPSA) is 136 Å². The number of nitrogens with one attached hydrogen (secondary N) is 2. The van der Waals surface area contributed by atoms with Gasteiger partial charge in [-0.05, 0) is 67.4 Å². The summed E-state index contributed by atoms with van der Waals surface area (Å²) in [5, 5.41) is 15.1. The van der Waals surface area contributed by atoms with Crippen LogP contribution in [0.4, 0.5) is 15.8 Å². The third-order valence-electron chi connectivity index (χ3n) is 6.47. The van der Waals surface area contributed by atoms with Gasteiger partial charge in [-0.25, -0.2) is 9.18 Å². The Bertz CT molecular complexity index is 1680. The Hall–Kier alpha value is -3.64. The second-order valence-corrected chi connectivity index (χ2v) is 9.66. The number of methoxy groups -OCH3 is 1. The molecule has 3 N–H and O–H groups in total. The molecule has 1 aromatic heterocycles. The standard InChI is InChI=1S/C29H23ClFN3O7.Ca.2H/c1-39-24-13-19-21(14-25(24)40-15-26(35)36)32-11-8-22(19)41-23-7-6-18(12-20(23)30)34-28(38)29(9-10-29)27(37)33-17-4-2-16(31)3-5-17;;;/h2-8,11-14H,9-10,15H2,1H3,(H,33,37)(H,34,38)(H,35,36);;;/q;+2;2*-1. The van der Waals surface area contributed by atoms with E-state index in [0.29, 0.717) is 46.6 Å². The molecule has 0 spiro atoms. The molecular formula is C29H25CaClFN3O7. The number of hydrogen-bond acceptors (Lipinski definition) is 7. The Labute approximate surface area is 277 Å². The van der Waals surface area contributed by atoms with Gasteiger partial charge < -0.3 is 32.8 Å². The minimum atomic E-state index is -1.22. The molecule has 42 heavy (non-hydrogen) atoms. The van der Waals surface area contributed by atoms with Gasteiger partial charge in [0.15, 0.2) is 18.1 Å². The van der Waals surface area contributed by atoms with Crippen molar-refractivity contribution in [3.63, 3.8) is 0 Å². The third-order valence-corrected chi connectivity index (χ3v) is 6.76. The number of carbonyl (C=O) groups is 3. The van der Waals surface area contributed by atoms with Crippen molar-refractivity contribution in [3.8, 4) is 23.0 Å². The Kier molecular flexibility index (Phi) is 9.78. The number of halogens is 2. The molecule has 0 saturated heterocycles. The van der Waals surface area contributed by atoms with Crippen LogP contribution in [0.15, 0.2) is 66.9 Å². The SMILES string of the molecule is COc1cc2c(Oc3ccc(NC(=O)C4(C(=O)Nc5ccc(F)cc5)CC4)cc3Cl)ccnc2cc1OCC(=O)O.[Ca+2].[H-].[H-]. The number of ether oxygens (including phenoxy) is 3. The van der Waals surface area contributed by atoms with Crippen LogP contribution in [0.5, 0.6) is 23.0 Å². The molecule has 0 unspecified atom stereocenters. The summed E-state index contributed by atoms with van der Waals surface area (Å²) >= 11 is 6.48. The molecule has 0 aliphatic heterocycles. The molecule has 1 fully saturated rings. The summed E-state index contributed by atoms with van der Waals surface area (Å²) in [7, 11) is 1.42. The number of aromatic nitrogens is 1. The van der Waals surface area contributed by atoms with E-state index in [1.54, 1.807) is 30.3 Å². The van der Waals surface area contributed by atoms with Gasteiger partial charge in [-0.2, -0.15) is 0 Å². The van der Waals surface area contributed by atoms with Crippen molar-refractivity contribution >= 4 is 89.4 Å². The maximum absolute atomic E-state index is 13.2. The van der Waals surface area contributed by atoms with Gasteiger partial charge >= 0.3 is 43.7 Å². The zero-order chi connectivity index (χ0) is 29.1. The van der Waals surface area contributed by atoms with Crippen LogP contribution in [0.25, 0.3) is 10.9 Å². The normalized spacial score (nSPS) is 12.9. The average Bonchev–Trinajstić information content (AvgIpc) is 3.77. The van der Waals surface area contributed by atoms with E-state index in [4.69, 9.17) is 30.9 Å². The third kappa shape index (κ3) is 6.87. The molecule has 3 aromatic carbocycles. The number of hydrogen-bond donors (Lipinski definition) is 3. The van der Waals surface area contributed by atoms with Gasteiger partial charge in [0.25, 0.3) is 0 Å². The summed E-state index contributed by atoms with van der Waals surface area (Å²) in [6.45, 7) is -0.545. The monoisotopic (exact) mass is 621 g/mol. The van der Waals surface area contributed by atoms with E-state index in [1.807, 2.05) is 0 Å². The molecule has 1 saturated carbocycles. The maximum atomic E-state index is 13.2. The second kappa shape index (κ2) is 13.1. The molecule has 10 nitrogen and oxygen atoms in total. The van der Waals surface area contributed by atoms with Crippen LogP contribution < -0.4 is 24.8 Å². The Morgan fingerprint density at radius 1 is 0.952 bits per heavy atom. The summed E-state index contributed by atoms with van der Waals surface area (Å²) in [6.07, 6.45) is 2.27. The number of benzene rings is 3. The maximum Gasteiger partial charge on any atom is 2.00 e. The van der Waals surface area contributed by atoms with Crippen molar-refractivity contribution in [2.45, 2.75) is 12.8 Å². The molecule has 13 heteroatoms. The number of nitrogens with zero attached hydrogens (tertiary/aromatic N) is 1. The molecule has 0 atom stereocenters. The predicted octanol–water partition coefficient (Wildman–Crippen LogP) is 5.49. The van der Waals surface area contributed by atoms with E-state index >= 15 is 0 Å². The molecule has 1 heterocycles. The van der Waals surface area contributed by atoms with E-state index in [2.05, 4.69) is 15.6 Å². The summed E-state index contributed by atoms with van der Waals surface area (Å²) < 4.78 is 29.8. The fraction of sp³-hybridized carbons (Fsp3) is 0.172. The van der Waals surface area contributed by atoms with Crippen molar-refractivity contribution in [2.75, 3.05) is 24.4 Å². The van der Waals surface area contributed by atoms with Gasteiger partial charge in [-0.3, -0.25) is 14.6 Å². The minimum absolute atomic E-state index is 0. The summed E-state index contributed by atoms with van der Waals surface area (Å²) in [4.78, 5) is 41.0. The van der Waals surface area contributed by atoms with Crippen LogP contribution in [-0.4, -0.2) is 79.3 Å². The molecular weight excluding hydrogens is 597 g/mol. The zero-order valence-corrected chi connectivity index (χ0v) is 25.2. The van der Waals surface area contributed by atoms with E-state index in [-0.39, 0.29) is 57.1 Å². The van der Waals surface area contributed by atoms with Crippen LogP contribution in [0.3, 0.4) is 0 Å². The van der Waals surface area contributed by atoms with Gasteiger partial charge in [0, 0.05) is 29.0 Å². The first kappa shape index (κ1) is 31.3. The predicted molar refractivity (Wildman–Crippen MR) is 156 cm³/mol. The molecule has 5 rings (SSSR count). The average molecular weight is 622 g/mol. The zero-order valence-electron chi connectivity index (χ0n) is 24.3. The summed E-state index contributed by atoms with van der Waals surface area (Å²) in [5.74, 6) is -1.32.